The van der Waals surface area contributed by atoms with Gasteiger partial charge in [0.2, 0.25) is 5.65 Å². The molecule has 4 aromatic rings. The monoisotopic (exact) mass is 548 g/mol. The summed E-state index contributed by atoms with van der Waals surface area (Å²) >= 11 is 3.50. The molecule has 1 amide bonds. The molecule has 0 spiro atoms. The fourth-order valence-corrected chi connectivity index (χ4v) is 5.03. The van der Waals surface area contributed by atoms with E-state index in [-0.39, 0.29) is 6.09 Å². The summed E-state index contributed by atoms with van der Waals surface area (Å²) in [5, 5.41) is 3.13. The van der Waals surface area contributed by atoms with Gasteiger partial charge in [-0.25, -0.2) is 14.8 Å². The summed E-state index contributed by atoms with van der Waals surface area (Å²) in [6.45, 7) is 5.62. The van der Waals surface area contributed by atoms with Gasteiger partial charge in [-0.2, -0.15) is 0 Å². The van der Waals surface area contributed by atoms with E-state index in [9.17, 15) is 4.79 Å². The van der Waals surface area contributed by atoms with Gasteiger partial charge in [0.25, 0.3) is 5.88 Å². The highest BCUT2D eigenvalue weighted by Crippen LogP contribution is 2.43. The highest BCUT2D eigenvalue weighted by molar-refractivity contribution is 9.10. The topological polar surface area (TPSA) is 77.8 Å². The lowest BCUT2D eigenvalue weighted by Crippen LogP contribution is -2.52. The van der Waals surface area contributed by atoms with E-state index in [0.29, 0.717) is 16.1 Å². The second kappa shape index (κ2) is 9.24. The molecule has 0 saturated heterocycles. The van der Waals surface area contributed by atoms with Gasteiger partial charge in [-0.15, -0.1) is 0 Å². The Hall–Kier alpha value is -3.39. The Labute approximate surface area is 219 Å². The third-order valence-electron chi connectivity index (χ3n) is 6.45. The molecule has 0 radical (unpaired) electrons. The van der Waals surface area contributed by atoms with E-state index in [1.807, 2.05) is 49.6 Å². The molecule has 7 nitrogen and oxygen atoms in total. The van der Waals surface area contributed by atoms with Gasteiger partial charge in [0.05, 0.1) is 24.0 Å². The second-order valence-corrected chi connectivity index (χ2v) is 10.9. The van der Waals surface area contributed by atoms with Gasteiger partial charge >= 0.3 is 6.09 Å². The first-order valence-corrected chi connectivity index (χ1v) is 12.8. The van der Waals surface area contributed by atoms with Crippen molar-refractivity contribution in [3.8, 4) is 28.4 Å². The Balaban J connectivity index is 1.56. The van der Waals surface area contributed by atoms with Crippen LogP contribution in [0.25, 0.3) is 28.2 Å². The average Bonchev–Trinajstić information content (AvgIpc) is 3.19. The molecule has 0 aliphatic heterocycles. The maximum absolute atomic E-state index is 12.5. The molecular weight excluding hydrogens is 520 g/mol. The fraction of sp³-hybridized carbons (Fsp3) is 0.321. The number of methoxy groups -OCH3 is 1. The number of nitrogens with one attached hydrogen (secondary N) is 1. The molecule has 36 heavy (non-hydrogen) atoms. The SMILES string of the molecule is COc1nc(Br)cn2c(-c3ccccc3)c(-c3ccc(C4(NC(=O)OC(C)(C)C)CCC4)cc3)nc12. The smallest absolute Gasteiger partial charge is 0.408 e. The second-order valence-electron chi connectivity index (χ2n) is 10.1. The summed E-state index contributed by atoms with van der Waals surface area (Å²) in [5.74, 6) is 0.444. The maximum atomic E-state index is 12.5. The number of hydrogen-bond donors (Lipinski definition) is 1. The first kappa shape index (κ1) is 24.3. The number of carbonyl (C=O) groups excluding carboxylic acids is 1. The third-order valence-corrected chi connectivity index (χ3v) is 6.83. The maximum Gasteiger partial charge on any atom is 0.408 e. The minimum absolute atomic E-state index is 0.386. The van der Waals surface area contributed by atoms with Crippen molar-refractivity contribution in [3.63, 3.8) is 0 Å². The normalized spacial score (nSPS) is 14.8. The van der Waals surface area contributed by atoms with Crippen molar-refractivity contribution in [2.24, 2.45) is 0 Å². The first-order chi connectivity index (χ1) is 17.2. The average molecular weight is 549 g/mol. The van der Waals surface area contributed by atoms with Gasteiger partial charge in [-0.1, -0.05) is 54.6 Å². The van der Waals surface area contributed by atoms with Crippen molar-refractivity contribution < 1.29 is 14.3 Å². The Morgan fingerprint density at radius 3 is 2.31 bits per heavy atom. The number of imidazole rings is 1. The van der Waals surface area contributed by atoms with Crippen molar-refractivity contribution in [1.29, 1.82) is 0 Å². The molecule has 2 heterocycles. The molecular formula is C28H29BrN4O3. The number of rotatable bonds is 5. The van der Waals surface area contributed by atoms with Crippen molar-refractivity contribution in [3.05, 3.63) is 71.0 Å². The predicted molar refractivity (Wildman–Crippen MR) is 143 cm³/mol. The van der Waals surface area contributed by atoms with E-state index in [2.05, 4.69) is 62.6 Å². The van der Waals surface area contributed by atoms with E-state index in [1.165, 1.54) is 0 Å². The number of aromatic nitrogens is 3. The Morgan fingerprint density at radius 2 is 1.72 bits per heavy atom. The van der Waals surface area contributed by atoms with Crippen LogP contribution in [0.1, 0.15) is 45.6 Å². The lowest BCUT2D eigenvalue weighted by atomic mass is 9.71. The van der Waals surface area contributed by atoms with Crippen LogP contribution in [0.2, 0.25) is 0 Å². The Bertz CT molecular complexity index is 1410. The van der Waals surface area contributed by atoms with Gasteiger partial charge in [-0.05, 0) is 61.5 Å². The van der Waals surface area contributed by atoms with Crippen LogP contribution >= 0.6 is 15.9 Å². The zero-order valence-corrected chi connectivity index (χ0v) is 22.4. The molecule has 1 N–H and O–H groups in total. The van der Waals surface area contributed by atoms with Crippen molar-refractivity contribution in [2.45, 2.75) is 51.2 Å². The Kier molecular flexibility index (Phi) is 6.24. The van der Waals surface area contributed by atoms with Gasteiger partial charge < -0.3 is 14.8 Å². The van der Waals surface area contributed by atoms with Crippen LogP contribution in [0, 0.1) is 0 Å². The van der Waals surface area contributed by atoms with Gasteiger partial charge in [0.15, 0.2) is 0 Å². The van der Waals surface area contributed by atoms with Crippen LogP contribution in [-0.2, 0) is 10.3 Å². The number of fused-ring (bicyclic) bond motifs is 1. The summed E-state index contributed by atoms with van der Waals surface area (Å²) in [4.78, 5) is 21.9. The highest BCUT2D eigenvalue weighted by atomic mass is 79.9. The van der Waals surface area contributed by atoms with E-state index in [1.54, 1.807) is 7.11 Å². The van der Waals surface area contributed by atoms with Crippen molar-refractivity contribution in [2.75, 3.05) is 7.11 Å². The summed E-state index contributed by atoms with van der Waals surface area (Å²) in [6, 6.07) is 18.4. The Morgan fingerprint density at radius 1 is 1.03 bits per heavy atom. The number of amides is 1. The molecule has 5 rings (SSSR count). The minimum Gasteiger partial charge on any atom is -0.478 e. The van der Waals surface area contributed by atoms with E-state index in [4.69, 9.17) is 14.5 Å². The van der Waals surface area contributed by atoms with Crippen LogP contribution in [0.5, 0.6) is 5.88 Å². The van der Waals surface area contributed by atoms with E-state index in [0.717, 1.165) is 47.3 Å². The predicted octanol–water partition coefficient (Wildman–Crippen LogP) is 6.74. The number of hydrogen-bond acceptors (Lipinski definition) is 5. The van der Waals surface area contributed by atoms with Gasteiger partial charge in [0.1, 0.15) is 10.2 Å². The van der Waals surface area contributed by atoms with Gasteiger partial charge in [0, 0.05) is 17.3 Å². The number of carbonyl (C=O) groups is 1. The van der Waals surface area contributed by atoms with E-state index >= 15 is 0 Å². The molecule has 2 aromatic carbocycles. The summed E-state index contributed by atoms with van der Waals surface area (Å²) < 4.78 is 13.7. The third kappa shape index (κ3) is 4.57. The zero-order chi connectivity index (χ0) is 25.5. The molecule has 8 heteroatoms. The minimum atomic E-state index is -0.541. The summed E-state index contributed by atoms with van der Waals surface area (Å²) in [6.07, 6.45) is 4.34. The number of benzene rings is 2. The molecule has 1 aliphatic carbocycles. The van der Waals surface area contributed by atoms with Crippen LogP contribution in [-0.4, -0.2) is 33.2 Å². The lowest BCUT2D eigenvalue weighted by molar-refractivity contribution is 0.0377. The van der Waals surface area contributed by atoms with Crippen molar-refractivity contribution >= 4 is 27.7 Å². The molecule has 0 bridgehead atoms. The zero-order valence-electron chi connectivity index (χ0n) is 20.8. The van der Waals surface area contributed by atoms with Crippen LogP contribution in [0.3, 0.4) is 0 Å². The van der Waals surface area contributed by atoms with Crippen LogP contribution < -0.4 is 10.1 Å². The molecule has 0 atom stereocenters. The molecule has 1 fully saturated rings. The molecule has 2 aromatic heterocycles. The fourth-order valence-electron chi connectivity index (χ4n) is 4.66. The highest BCUT2D eigenvalue weighted by Gasteiger charge is 2.41. The van der Waals surface area contributed by atoms with Crippen LogP contribution in [0.15, 0.2) is 65.4 Å². The molecule has 1 aliphatic rings. The summed E-state index contributed by atoms with van der Waals surface area (Å²) in [5.41, 5.74) is 4.54. The molecule has 186 valence electrons. The largest absolute Gasteiger partial charge is 0.478 e. The van der Waals surface area contributed by atoms with Crippen LogP contribution in [0.4, 0.5) is 4.79 Å². The number of halogens is 1. The quantitative estimate of drug-likeness (QED) is 0.299. The van der Waals surface area contributed by atoms with E-state index < -0.39 is 11.1 Å². The molecule has 0 unspecified atom stereocenters. The number of alkyl carbamates (subject to hydrolysis) is 1. The first-order valence-electron chi connectivity index (χ1n) is 12.0. The standard InChI is InChI=1S/C28H29BrN4O3/c1-27(2,3)36-26(34)32-28(15-8-16-28)20-13-11-18(12-14-20)22-23(19-9-6-5-7-10-19)33-17-21(29)30-25(35-4)24(33)31-22/h5-7,9-14,17H,8,15-16H2,1-4H3,(H,32,34). The van der Waals surface area contributed by atoms with Gasteiger partial charge in [-0.3, -0.25) is 4.40 Å². The lowest BCUT2D eigenvalue weighted by Gasteiger charge is -2.43. The molecule has 1 saturated carbocycles. The number of ether oxygens (including phenoxy) is 2. The van der Waals surface area contributed by atoms with Crippen molar-refractivity contribution in [1.82, 2.24) is 19.7 Å². The number of nitrogens with zero attached hydrogens (tertiary/aromatic N) is 3. The summed E-state index contributed by atoms with van der Waals surface area (Å²) in [7, 11) is 1.59.